The van der Waals surface area contributed by atoms with Crippen LogP contribution in [0.2, 0.25) is 0 Å². The van der Waals surface area contributed by atoms with E-state index in [1.807, 2.05) is 17.0 Å². The number of thiophene rings is 1. The first kappa shape index (κ1) is 15.1. The van der Waals surface area contributed by atoms with Gasteiger partial charge in [0.1, 0.15) is 0 Å². The normalized spacial score (nSPS) is 18.5. The second-order valence-electron chi connectivity index (χ2n) is 5.00. The molecule has 1 saturated heterocycles. The van der Waals surface area contributed by atoms with E-state index in [2.05, 4.69) is 18.8 Å². The average Bonchev–Trinajstić information content (AvgIpc) is 2.95. The van der Waals surface area contributed by atoms with Gasteiger partial charge in [-0.15, -0.1) is 11.3 Å². The van der Waals surface area contributed by atoms with Gasteiger partial charge in [0.25, 0.3) is 5.91 Å². The van der Waals surface area contributed by atoms with Crippen LogP contribution in [0, 0.1) is 11.8 Å². The summed E-state index contributed by atoms with van der Waals surface area (Å²) in [4.78, 5) is 16.3. The second-order valence-corrected chi connectivity index (χ2v) is 6.08. The fourth-order valence-electron chi connectivity index (χ4n) is 2.56. The van der Waals surface area contributed by atoms with Gasteiger partial charge in [0.2, 0.25) is 0 Å². The van der Waals surface area contributed by atoms with Crippen LogP contribution in [0.15, 0.2) is 12.1 Å². The number of likely N-dealkylation sites (tertiary alicyclic amines) is 1. The molecule has 0 aliphatic carbocycles. The number of piperidine rings is 1. The van der Waals surface area contributed by atoms with Crippen LogP contribution in [0.3, 0.4) is 0 Å². The Labute approximate surface area is 124 Å². The molecule has 0 radical (unpaired) electrons. The maximum atomic E-state index is 12.6. The lowest BCUT2D eigenvalue weighted by Gasteiger charge is -2.34. The molecule has 0 aromatic carbocycles. The summed E-state index contributed by atoms with van der Waals surface area (Å²) in [5.74, 6) is 6.03. The molecule has 4 heteroatoms. The standard InChI is InChI=1S/C16H21NO2S/c1-2-13-7-3-5-11-17(13)16(19)15-10-9-14(20-15)8-4-6-12-18/h9-10,13,18H,2-3,5-7,11-12H2,1H3. The molecule has 1 atom stereocenters. The fourth-order valence-corrected chi connectivity index (χ4v) is 3.40. The monoisotopic (exact) mass is 291 g/mol. The van der Waals surface area contributed by atoms with Crippen LogP contribution in [-0.2, 0) is 0 Å². The van der Waals surface area contributed by atoms with Gasteiger partial charge in [-0.25, -0.2) is 0 Å². The number of carbonyl (C=O) groups is 1. The molecular weight excluding hydrogens is 270 g/mol. The third kappa shape index (κ3) is 3.62. The third-order valence-corrected chi connectivity index (χ3v) is 4.61. The van der Waals surface area contributed by atoms with E-state index in [1.165, 1.54) is 17.8 Å². The van der Waals surface area contributed by atoms with Crippen molar-refractivity contribution in [3.05, 3.63) is 21.9 Å². The van der Waals surface area contributed by atoms with Crippen molar-refractivity contribution in [3.8, 4) is 11.8 Å². The molecule has 2 heterocycles. The molecule has 1 aliphatic rings. The van der Waals surface area contributed by atoms with Crippen LogP contribution in [-0.4, -0.2) is 35.1 Å². The Balaban J connectivity index is 2.07. The number of carbonyl (C=O) groups excluding carboxylic acids is 1. The second kappa shape index (κ2) is 7.47. The molecule has 108 valence electrons. The molecule has 1 fully saturated rings. The van der Waals surface area contributed by atoms with E-state index in [0.29, 0.717) is 12.5 Å². The lowest BCUT2D eigenvalue weighted by atomic mass is 10.00. The average molecular weight is 291 g/mol. The number of aliphatic hydroxyl groups is 1. The Hall–Kier alpha value is -1.31. The number of aliphatic hydroxyl groups excluding tert-OH is 1. The summed E-state index contributed by atoms with van der Waals surface area (Å²) >= 11 is 1.45. The highest BCUT2D eigenvalue weighted by Gasteiger charge is 2.26. The van der Waals surface area contributed by atoms with Gasteiger partial charge in [0.15, 0.2) is 0 Å². The molecule has 0 bridgehead atoms. The van der Waals surface area contributed by atoms with Crippen molar-refractivity contribution in [2.24, 2.45) is 0 Å². The van der Waals surface area contributed by atoms with Gasteiger partial charge in [-0.3, -0.25) is 4.79 Å². The zero-order valence-electron chi connectivity index (χ0n) is 11.9. The van der Waals surface area contributed by atoms with Crippen LogP contribution in [0.25, 0.3) is 0 Å². The summed E-state index contributed by atoms with van der Waals surface area (Å²) in [5.41, 5.74) is 0. The number of hydrogen-bond acceptors (Lipinski definition) is 3. The molecule has 20 heavy (non-hydrogen) atoms. The molecule has 1 aromatic rings. The van der Waals surface area contributed by atoms with E-state index in [9.17, 15) is 4.79 Å². The molecule has 1 aliphatic heterocycles. The smallest absolute Gasteiger partial charge is 0.264 e. The minimum Gasteiger partial charge on any atom is -0.395 e. The van der Waals surface area contributed by atoms with Crippen molar-refractivity contribution >= 4 is 17.2 Å². The molecule has 1 amide bonds. The summed E-state index contributed by atoms with van der Waals surface area (Å²) in [6.45, 7) is 3.10. The van der Waals surface area contributed by atoms with Crippen LogP contribution in [0.1, 0.15) is 53.6 Å². The first-order valence-corrected chi connectivity index (χ1v) is 8.08. The molecular formula is C16H21NO2S. The summed E-state index contributed by atoms with van der Waals surface area (Å²) in [6.07, 6.45) is 4.96. The van der Waals surface area contributed by atoms with Crippen molar-refractivity contribution in [2.75, 3.05) is 13.2 Å². The van der Waals surface area contributed by atoms with E-state index in [-0.39, 0.29) is 12.5 Å². The summed E-state index contributed by atoms with van der Waals surface area (Å²) in [6, 6.07) is 4.16. The third-order valence-electron chi connectivity index (χ3n) is 3.62. The molecule has 1 N–H and O–H groups in total. The predicted molar refractivity (Wildman–Crippen MR) is 81.9 cm³/mol. The highest BCUT2D eigenvalue weighted by atomic mass is 32.1. The van der Waals surface area contributed by atoms with Gasteiger partial charge in [-0.2, -0.15) is 0 Å². The Morgan fingerprint density at radius 1 is 1.50 bits per heavy atom. The Kier molecular flexibility index (Phi) is 5.63. The topological polar surface area (TPSA) is 40.5 Å². The zero-order chi connectivity index (χ0) is 14.4. The largest absolute Gasteiger partial charge is 0.395 e. The maximum absolute atomic E-state index is 12.6. The number of nitrogens with zero attached hydrogens (tertiary/aromatic N) is 1. The van der Waals surface area contributed by atoms with Gasteiger partial charge in [-0.1, -0.05) is 18.8 Å². The molecule has 2 rings (SSSR count). The van der Waals surface area contributed by atoms with Crippen molar-refractivity contribution in [2.45, 2.75) is 45.1 Å². The summed E-state index contributed by atoms with van der Waals surface area (Å²) < 4.78 is 0. The van der Waals surface area contributed by atoms with Gasteiger partial charge < -0.3 is 10.0 Å². The SMILES string of the molecule is CCC1CCCCN1C(=O)c1ccc(C#CCCO)s1. The lowest BCUT2D eigenvalue weighted by Crippen LogP contribution is -2.43. The molecule has 0 saturated carbocycles. The molecule has 1 aromatic heterocycles. The van der Waals surface area contributed by atoms with Crippen LogP contribution in [0.5, 0.6) is 0 Å². The van der Waals surface area contributed by atoms with Crippen molar-refractivity contribution < 1.29 is 9.90 Å². The van der Waals surface area contributed by atoms with E-state index in [1.54, 1.807) is 0 Å². The van der Waals surface area contributed by atoms with Crippen molar-refractivity contribution in [3.63, 3.8) is 0 Å². The minimum atomic E-state index is 0.0795. The van der Waals surface area contributed by atoms with Crippen molar-refractivity contribution in [1.29, 1.82) is 0 Å². The molecule has 1 unspecified atom stereocenters. The van der Waals surface area contributed by atoms with E-state index in [0.717, 1.165) is 35.6 Å². The predicted octanol–water partition coefficient (Wildman–Crippen LogP) is 2.89. The van der Waals surface area contributed by atoms with Crippen LogP contribution >= 0.6 is 11.3 Å². The Morgan fingerprint density at radius 3 is 3.10 bits per heavy atom. The quantitative estimate of drug-likeness (QED) is 0.870. The highest BCUT2D eigenvalue weighted by Crippen LogP contribution is 2.24. The number of hydrogen-bond donors (Lipinski definition) is 1. The van der Waals surface area contributed by atoms with Gasteiger partial charge in [0.05, 0.1) is 16.4 Å². The van der Waals surface area contributed by atoms with E-state index in [4.69, 9.17) is 5.11 Å². The minimum absolute atomic E-state index is 0.0795. The highest BCUT2D eigenvalue weighted by molar-refractivity contribution is 7.14. The van der Waals surface area contributed by atoms with Gasteiger partial charge in [0, 0.05) is 19.0 Å². The van der Waals surface area contributed by atoms with Crippen LogP contribution in [0.4, 0.5) is 0 Å². The number of amides is 1. The summed E-state index contributed by atoms with van der Waals surface area (Å²) in [5, 5.41) is 8.70. The van der Waals surface area contributed by atoms with Gasteiger partial charge in [-0.05, 0) is 37.8 Å². The van der Waals surface area contributed by atoms with E-state index >= 15 is 0 Å². The van der Waals surface area contributed by atoms with Crippen LogP contribution < -0.4 is 0 Å². The molecule has 0 spiro atoms. The lowest BCUT2D eigenvalue weighted by molar-refractivity contribution is 0.0613. The van der Waals surface area contributed by atoms with E-state index < -0.39 is 0 Å². The number of rotatable bonds is 3. The molecule has 3 nitrogen and oxygen atoms in total. The Morgan fingerprint density at radius 2 is 2.35 bits per heavy atom. The first-order chi connectivity index (χ1) is 9.76. The van der Waals surface area contributed by atoms with Crippen molar-refractivity contribution in [1.82, 2.24) is 4.90 Å². The zero-order valence-corrected chi connectivity index (χ0v) is 12.7. The van der Waals surface area contributed by atoms with Gasteiger partial charge >= 0.3 is 0 Å². The maximum Gasteiger partial charge on any atom is 0.264 e. The fraction of sp³-hybridized carbons (Fsp3) is 0.562. The Bertz CT molecular complexity index is 512. The first-order valence-electron chi connectivity index (χ1n) is 7.26. The summed E-state index contributed by atoms with van der Waals surface area (Å²) in [7, 11) is 0.